The summed E-state index contributed by atoms with van der Waals surface area (Å²) in [5, 5.41) is 5.15. The van der Waals surface area contributed by atoms with Crippen LogP contribution in [0.2, 0.25) is 0 Å². The van der Waals surface area contributed by atoms with Crippen molar-refractivity contribution >= 4 is 23.3 Å². The molecule has 0 spiro atoms. The van der Waals surface area contributed by atoms with Crippen LogP contribution in [0, 0.1) is 5.82 Å². The van der Waals surface area contributed by atoms with E-state index in [0.717, 1.165) is 0 Å². The molecule has 6 nitrogen and oxygen atoms in total. The van der Waals surface area contributed by atoms with E-state index in [0.29, 0.717) is 18.0 Å². The highest BCUT2D eigenvalue weighted by Gasteiger charge is 2.31. The summed E-state index contributed by atoms with van der Waals surface area (Å²) in [4.78, 5) is 25.9. The molecule has 2 aromatic rings. The lowest BCUT2D eigenvalue weighted by Gasteiger charge is -2.18. The van der Waals surface area contributed by atoms with Crippen molar-refractivity contribution in [2.45, 2.75) is 12.5 Å². The van der Waals surface area contributed by atoms with Crippen molar-refractivity contribution in [2.24, 2.45) is 0 Å². The van der Waals surface area contributed by atoms with Crippen LogP contribution in [0.25, 0.3) is 0 Å². The van der Waals surface area contributed by atoms with Gasteiger partial charge in [-0.15, -0.1) is 0 Å². The van der Waals surface area contributed by atoms with Gasteiger partial charge in [-0.2, -0.15) is 0 Å². The summed E-state index contributed by atoms with van der Waals surface area (Å²) in [6.07, 6.45) is 0.182. The number of halogens is 1. The Morgan fingerprint density at radius 1 is 1.24 bits per heavy atom. The van der Waals surface area contributed by atoms with Crippen LogP contribution >= 0.6 is 0 Å². The highest BCUT2D eigenvalue weighted by Crippen LogP contribution is 2.25. The summed E-state index contributed by atoms with van der Waals surface area (Å²) in [5.41, 5.74) is 0.803. The van der Waals surface area contributed by atoms with Crippen LogP contribution in [0.3, 0.4) is 0 Å². The van der Waals surface area contributed by atoms with E-state index in [-0.39, 0.29) is 24.1 Å². The first-order chi connectivity index (χ1) is 12.1. The Hall–Kier alpha value is -3.09. The molecular weight excluding hydrogens is 325 g/mol. The number of carbonyl (C=O) groups excluding carboxylic acids is 2. The Balaban J connectivity index is 1.62. The molecule has 25 heavy (non-hydrogen) atoms. The first-order valence-corrected chi connectivity index (χ1v) is 7.83. The van der Waals surface area contributed by atoms with Crippen LogP contribution < -0.4 is 20.3 Å². The highest BCUT2D eigenvalue weighted by molar-refractivity contribution is 5.97. The smallest absolute Gasteiger partial charge is 0.319 e. The molecule has 7 heteroatoms. The third kappa shape index (κ3) is 3.88. The topological polar surface area (TPSA) is 70.7 Å². The number of ether oxygens (including phenoxy) is 1. The van der Waals surface area contributed by atoms with E-state index < -0.39 is 11.8 Å². The molecule has 3 rings (SSSR count). The average molecular weight is 343 g/mol. The van der Waals surface area contributed by atoms with Crippen molar-refractivity contribution in [1.82, 2.24) is 5.32 Å². The molecule has 1 atom stereocenters. The van der Waals surface area contributed by atoms with E-state index in [2.05, 4.69) is 10.6 Å². The van der Waals surface area contributed by atoms with Crippen molar-refractivity contribution in [2.75, 3.05) is 23.9 Å². The predicted molar refractivity (Wildman–Crippen MR) is 92.3 cm³/mol. The molecule has 1 aliphatic heterocycles. The van der Waals surface area contributed by atoms with Crippen molar-refractivity contribution in [3.05, 3.63) is 54.3 Å². The first-order valence-electron chi connectivity index (χ1n) is 7.83. The van der Waals surface area contributed by atoms with Crippen LogP contribution in [-0.4, -0.2) is 31.6 Å². The number of hydrogen-bond donors (Lipinski definition) is 2. The maximum absolute atomic E-state index is 13.6. The number of urea groups is 1. The SMILES string of the molecule is COc1cccc(N2C[C@H](NC(=O)Nc3ccccc3F)CC2=O)c1. The molecule has 0 unspecified atom stereocenters. The molecule has 130 valence electrons. The number of para-hydroxylation sites is 1. The minimum Gasteiger partial charge on any atom is -0.497 e. The Morgan fingerprint density at radius 2 is 2.04 bits per heavy atom. The maximum Gasteiger partial charge on any atom is 0.319 e. The van der Waals surface area contributed by atoms with Crippen LogP contribution in [0.5, 0.6) is 5.75 Å². The van der Waals surface area contributed by atoms with Gasteiger partial charge in [-0.1, -0.05) is 18.2 Å². The van der Waals surface area contributed by atoms with Crippen LogP contribution in [0.1, 0.15) is 6.42 Å². The molecule has 3 amide bonds. The van der Waals surface area contributed by atoms with Crippen LogP contribution in [0.4, 0.5) is 20.6 Å². The van der Waals surface area contributed by atoms with Gasteiger partial charge in [0.25, 0.3) is 0 Å². The zero-order chi connectivity index (χ0) is 17.8. The number of amides is 3. The van der Waals surface area contributed by atoms with Gasteiger partial charge in [0.2, 0.25) is 5.91 Å². The molecule has 1 heterocycles. The Kier molecular flexibility index (Phi) is 4.83. The molecular formula is C18H18FN3O3. The third-order valence-corrected chi connectivity index (χ3v) is 3.95. The number of methoxy groups -OCH3 is 1. The fourth-order valence-corrected chi connectivity index (χ4v) is 2.74. The minimum absolute atomic E-state index is 0.0916. The zero-order valence-electron chi connectivity index (χ0n) is 13.7. The maximum atomic E-state index is 13.6. The molecule has 0 aromatic heterocycles. The standard InChI is InChI=1S/C18H18FN3O3/c1-25-14-6-4-5-13(10-14)22-11-12(9-17(22)23)20-18(24)21-16-8-3-2-7-15(16)19/h2-8,10,12H,9,11H2,1H3,(H2,20,21,24)/t12-/m1/s1. The van der Waals surface area contributed by atoms with Gasteiger partial charge < -0.3 is 20.3 Å². The highest BCUT2D eigenvalue weighted by atomic mass is 19.1. The van der Waals surface area contributed by atoms with Gasteiger partial charge in [0, 0.05) is 24.7 Å². The number of nitrogens with zero attached hydrogens (tertiary/aromatic N) is 1. The van der Waals surface area contributed by atoms with Gasteiger partial charge in [-0.05, 0) is 24.3 Å². The van der Waals surface area contributed by atoms with Gasteiger partial charge in [0.05, 0.1) is 18.8 Å². The second-order valence-electron chi connectivity index (χ2n) is 5.69. The Morgan fingerprint density at radius 3 is 2.80 bits per heavy atom. The van der Waals surface area contributed by atoms with E-state index in [4.69, 9.17) is 4.74 Å². The summed E-state index contributed by atoms with van der Waals surface area (Å²) in [7, 11) is 1.56. The van der Waals surface area contributed by atoms with Gasteiger partial charge in [-0.3, -0.25) is 4.79 Å². The molecule has 0 aliphatic carbocycles. The van der Waals surface area contributed by atoms with Crippen molar-refractivity contribution < 1.29 is 18.7 Å². The number of anilines is 2. The second-order valence-corrected chi connectivity index (χ2v) is 5.69. The largest absolute Gasteiger partial charge is 0.497 e. The van der Waals surface area contributed by atoms with Gasteiger partial charge in [0.1, 0.15) is 11.6 Å². The molecule has 1 saturated heterocycles. The lowest BCUT2D eigenvalue weighted by Crippen LogP contribution is -2.39. The summed E-state index contributed by atoms with van der Waals surface area (Å²) in [6, 6.07) is 12.2. The number of rotatable bonds is 4. The van der Waals surface area contributed by atoms with E-state index in [1.54, 1.807) is 42.3 Å². The minimum atomic E-state index is -0.546. The Bertz CT molecular complexity index is 797. The molecule has 1 aliphatic rings. The molecule has 2 aromatic carbocycles. The lowest BCUT2D eigenvalue weighted by molar-refractivity contribution is -0.117. The predicted octanol–water partition coefficient (Wildman–Crippen LogP) is 2.76. The van der Waals surface area contributed by atoms with E-state index in [9.17, 15) is 14.0 Å². The van der Waals surface area contributed by atoms with Gasteiger partial charge in [0.15, 0.2) is 0 Å². The van der Waals surface area contributed by atoms with E-state index in [1.165, 1.54) is 12.1 Å². The van der Waals surface area contributed by atoms with Crippen LogP contribution in [0.15, 0.2) is 48.5 Å². The summed E-state index contributed by atoms with van der Waals surface area (Å²) in [5.74, 6) is 0.0432. The first kappa shape index (κ1) is 16.8. The van der Waals surface area contributed by atoms with Crippen molar-refractivity contribution in [3.8, 4) is 5.75 Å². The lowest BCUT2D eigenvalue weighted by atomic mass is 10.2. The summed E-state index contributed by atoms with van der Waals surface area (Å²) < 4.78 is 18.7. The zero-order valence-corrected chi connectivity index (χ0v) is 13.7. The number of benzene rings is 2. The van der Waals surface area contributed by atoms with E-state index >= 15 is 0 Å². The third-order valence-electron chi connectivity index (χ3n) is 3.95. The monoisotopic (exact) mass is 343 g/mol. The summed E-state index contributed by atoms with van der Waals surface area (Å²) >= 11 is 0. The average Bonchev–Trinajstić information content (AvgIpc) is 2.97. The van der Waals surface area contributed by atoms with Gasteiger partial charge >= 0.3 is 6.03 Å². The fourth-order valence-electron chi connectivity index (χ4n) is 2.74. The number of hydrogen-bond acceptors (Lipinski definition) is 3. The molecule has 0 bridgehead atoms. The number of nitrogens with one attached hydrogen (secondary N) is 2. The number of carbonyl (C=O) groups is 2. The van der Waals surface area contributed by atoms with Crippen molar-refractivity contribution in [1.29, 1.82) is 0 Å². The fraction of sp³-hybridized carbons (Fsp3) is 0.222. The normalized spacial score (nSPS) is 16.6. The van der Waals surface area contributed by atoms with Crippen molar-refractivity contribution in [3.63, 3.8) is 0 Å². The quantitative estimate of drug-likeness (QED) is 0.897. The molecule has 0 saturated carbocycles. The second kappa shape index (κ2) is 7.21. The molecule has 2 N–H and O–H groups in total. The Labute approximate surface area is 144 Å². The van der Waals surface area contributed by atoms with Crippen LogP contribution in [-0.2, 0) is 4.79 Å². The van der Waals surface area contributed by atoms with E-state index in [1.807, 2.05) is 6.07 Å². The summed E-state index contributed by atoms with van der Waals surface area (Å²) in [6.45, 7) is 0.344. The van der Waals surface area contributed by atoms with Gasteiger partial charge in [-0.25, -0.2) is 9.18 Å². The molecule has 1 fully saturated rings. The molecule has 0 radical (unpaired) electrons.